The van der Waals surface area contributed by atoms with Crippen LogP contribution in [0.25, 0.3) is 0 Å². The highest BCUT2D eigenvalue weighted by atomic mass is 32.2. The molecule has 1 atom stereocenters. The van der Waals surface area contributed by atoms with Crippen molar-refractivity contribution < 1.29 is 8.42 Å². The van der Waals surface area contributed by atoms with E-state index < -0.39 is 9.84 Å². The van der Waals surface area contributed by atoms with Crippen LogP contribution in [0.5, 0.6) is 0 Å². The van der Waals surface area contributed by atoms with E-state index in [1.54, 1.807) is 31.2 Å². The zero-order valence-corrected chi connectivity index (χ0v) is 12.0. The highest BCUT2D eigenvalue weighted by Gasteiger charge is 2.19. The van der Waals surface area contributed by atoms with Crippen LogP contribution in [0.2, 0.25) is 0 Å². The molecule has 0 amide bonds. The number of rotatable bonds is 6. The third-order valence-corrected chi connectivity index (χ3v) is 5.02. The minimum absolute atomic E-state index is 0.120. The van der Waals surface area contributed by atoms with E-state index in [-0.39, 0.29) is 11.3 Å². The zero-order chi connectivity index (χ0) is 13.8. The van der Waals surface area contributed by atoms with E-state index in [4.69, 9.17) is 5.73 Å². The molecule has 0 saturated heterocycles. The standard InChI is InChI=1S/C13H22N2O2S/c1-4-13(3,10-14)15-11-6-8-12(9-7-11)18(16,17)5-2/h6-9,15H,4-5,10,14H2,1-3H3. The van der Waals surface area contributed by atoms with Crippen molar-refractivity contribution in [3.63, 3.8) is 0 Å². The van der Waals surface area contributed by atoms with Crippen LogP contribution >= 0.6 is 0 Å². The van der Waals surface area contributed by atoms with Crippen LogP contribution in [0, 0.1) is 0 Å². The molecule has 5 heteroatoms. The first-order chi connectivity index (χ1) is 8.37. The van der Waals surface area contributed by atoms with Crippen molar-refractivity contribution in [3.05, 3.63) is 24.3 Å². The van der Waals surface area contributed by atoms with E-state index in [2.05, 4.69) is 12.2 Å². The van der Waals surface area contributed by atoms with Crippen LogP contribution in [0.4, 0.5) is 5.69 Å². The SMILES string of the molecule is CCC(C)(CN)Nc1ccc(S(=O)(=O)CC)cc1. The van der Waals surface area contributed by atoms with Gasteiger partial charge in [0.1, 0.15) is 0 Å². The molecule has 1 aromatic rings. The fraction of sp³-hybridized carbons (Fsp3) is 0.538. The molecule has 0 aliphatic carbocycles. The van der Waals surface area contributed by atoms with Gasteiger partial charge in [-0.25, -0.2) is 8.42 Å². The van der Waals surface area contributed by atoms with Crippen molar-refractivity contribution in [3.8, 4) is 0 Å². The minimum atomic E-state index is -3.12. The summed E-state index contributed by atoms with van der Waals surface area (Å²) in [7, 11) is -3.12. The first kappa shape index (κ1) is 15.0. The van der Waals surface area contributed by atoms with Gasteiger partial charge in [0.25, 0.3) is 0 Å². The third-order valence-electron chi connectivity index (χ3n) is 3.27. The van der Waals surface area contributed by atoms with E-state index in [0.717, 1.165) is 12.1 Å². The van der Waals surface area contributed by atoms with Crippen molar-refractivity contribution in [1.82, 2.24) is 0 Å². The van der Waals surface area contributed by atoms with Gasteiger partial charge in [-0.1, -0.05) is 13.8 Å². The normalized spacial score (nSPS) is 15.1. The van der Waals surface area contributed by atoms with Gasteiger partial charge in [0.15, 0.2) is 9.84 Å². The van der Waals surface area contributed by atoms with Gasteiger partial charge in [0, 0.05) is 17.8 Å². The average Bonchev–Trinajstić information content (AvgIpc) is 2.39. The van der Waals surface area contributed by atoms with Crippen LogP contribution in [-0.4, -0.2) is 26.3 Å². The lowest BCUT2D eigenvalue weighted by Crippen LogP contribution is -2.41. The van der Waals surface area contributed by atoms with Crippen LogP contribution in [0.15, 0.2) is 29.2 Å². The molecule has 0 spiro atoms. The van der Waals surface area contributed by atoms with Crippen LogP contribution < -0.4 is 11.1 Å². The topological polar surface area (TPSA) is 72.2 Å². The van der Waals surface area contributed by atoms with Crippen LogP contribution in [0.3, 0.4) is 0 Å². The first-order valence-electron chi connectivity index (χ1n) is 6.18. The molecule has 0 radical (unpaired) electrons. The van der Waals surface area contributed by atoms with Crippen molar-refractivity contribution in [2.45, 2.75) is 37.6 Å². The van der Waals surface area contributed by atoms with Gasteiger partial charge in [0.2, 0.25) is 0 Å². The molecule has 1 unspecified atom stereocenters. The maximum absolute atomic E-state index is 11.7. The monoisotopic (exact) mass is 270 g/mol. The summed E-state index contributed by atoms with van der Waals surface area (Å²) in [5, 5.41) is 3.33. The van der Waals surface area contributed by atoms with Gasteiger partial charge in [0.05, 0.1) is 10.6 Å². The molecule has 0 saturated carbocycles. The number of nitrogens with one attached hydrogen (secondary N) is 1. The number of sulfone groups is 1. The zero-order valence-electron chi connectivity index (χ0n) is 11.2. The van der Waals surface area contributed by atoms with E-state index in [0.29, 0.717) is 11.4 Å². The Morgan fingerprint density at radius 1 is 1.22 bits per heavy atom. The Morgan fingerprint density at radius 3 is 2.17 bits per heavy atom. The van der Waals surface area contributed by atoms with Crippen molar-refractivity contribution >= 4 is 15.5 Å². The second-order valence-corrected chi connectivity index (χ2v) is 6.95. The number of hydrogen-bond acceptors (Lipinski definition) is 4. The van der Waals surface area contributed by atoms with Gasteiger partial charge < -0.3 is 11.1 Å². The molecule has 0 aliphatic rings. The summed E-state index contributed by atoms with van der Waals surface area (Å²) in [6.45, 7) is 6.28. The maximum Gasteiger partial charge on any atom is 0.178 e. The molecule has 0 bridgehead atoms. The maximum atomic E-state index is 11.7. The Hall–Kier alpha value is -1.07. The Kier molecular flexibility index (Phi) is 4.76. The van der Waals surface area contributed by atoms with Crippen LogP contribution in [-0.2, 0) is 9.84 Å². The molecular weight excluding hydrogens is 248 g/mol. The summed E-state index contributed by atoms with van der Waals surface area (Å²) in [5.41, 5.74) is 6.45. The molecule has 102 valence electrons. The fourth-order valence-corrected chi connectivity index (χ4v) is 2.43. The summed E-state index contributed by atoms with van der Waals surface area (Å²) in [6.07, 6.45) is 0.901. The molecule has 0 heterocycles. The molecule has 1 aromatic carbocycles. The lowest BCUT2D eigenvalue weighted by atomic mass is 9.99. The van der Waals surface area contributed by atoms with Gasteiger partial charge in [-0.15, -0.1) is 0 Å². The minimum Gasteiger partial charge on any atom is -0.379 e. The Morgan fingerprint density at radius 2 is 1.78 bits per heavy atom. The predicted octanol–water partition coefficient (Wildman–Crippen LogP) is 2.02. The second kappa shape index (κ2) is 5.71. The molecular formula is C13H22N2O2S. The summed E-state index contributed by atoms with van der Waals surface area (Å²) < 4.78 is 23.3. The van der Waals surface area contributed by atoms with Crippen LogP contribution in [0.1, 0.15) is 27.2 Å². The summed E-state index contributed by atoms with van der Waals surface area (Å²) >= 11 is 0. The average molecular weight is 270 g/mol. The smallest absolute Gasteiger partial charge is 0.178 e. The van der Waals surface area contributed by atoms with E-state index >= 15 is 0 Å². The molecule has 0 aromatic heterocycles. The van der Waals surface area contributed by atoms with E-state index in [9.17, 15) is 8.42 Å². The second-order valence-electron chi connectivity index (χ2n) is 4.67. The first-order valence-corrected chi connectivity index (χ1v) is 7.83. The highest BCUT2D eigenvalue weighted by Crippen LogP contribution is 2.20. The fourth-order valence-electron chi connectivity index (χ4n) is 1.54. The Labute approximate surface area is 110 Å². The molecule has 0 aliphatic heterocycles. The number of benzene rings is 1. The van der Waals surface area contributed by atoms with Gasteiger partial charge >= 0.3 is 0 Å². The third kappa shape index (κ3) is 3.46. The van der Waals surface area contributed by atoms with Crippen molar-refractivity contribution in [2.75, 3.05) is 17.6 Å². The predicted molar refractivity (Wildman–Crippen MR) is 75.5 cm³/mol. The molecule has 1 rings (SSSR count). The highest BCUT2D eigenvalue weighted by molar-refractivity contribution is 7.91. The van der Waals surface area contributed by atoms with Gasteiger partial charge in [-0.05, 0) is 37.6 Å². The Bertz CT molecular complexity index is 476. The summed E-state index contributed by atoms with van der Waals surface area (Å²) in [5.74, 6) is 0.120. The van der Waals surface area contributed by atoms with E-state index in [1.165, 1.54) is 0 Å². The number of anilines is 1. The quantitative estimate of drug-likeness (QED) is 0.829. The molecule has 3 N–H and O–H groups in total. The van der Waals surface area contributed by atoms with Crippen molar-refractivity contribution in [2.24, 2.45) is 5.73 Å². The lowest BCUT2D eigenvalue weighted by Gasteiger charge is -2.29. The summed E-state index contributed by atoms with van der Waals surface area (Å²) in [6, 6.07) is 6.83. The van der Waals surface area contributed by atoms with E-state index in [1.807, 2.05) is 6.92 Å². The summed E-state index contributed by atoms with van der Waals surface area (Å²) in [4.78, 5) is 0.363. The molecule has 0 fully saturated rings. The lowest BCUT2D eigenvalue weighted by molar-refractivity contribution is 0.506. The van der Waals surface area contributed by atoms with Crippen molar-refractivity contribution in [1.29, 1.82) is 0 Å². The number of hydrogen-bond donors (Lipinski definition) is 2. The Balaban J connectivity index is 2.91. The van der Waals surface area contributed by atoms with Gasteiger partial charge in [-0.3, -0.25) is 0 Å². The number of nitrogens with two attached hydrogens (primary N) is 1. The van der Waals surface area contributed by atoms with Gasteiger partial charge in [-0.2, -0.15) is 0 Å². The largest absolute Gasteiger partial charge is 0.379 e. The molecule has 4 nitrogen and oxygen atoms in total. The molecule has 18 heavy (non-hydrogen) atoms.